The van der Waals surface area contributed by atoms with Gasteiger partial charge in [-0.05, 0) is 91.0 Å². The molecular weight excluding hydrogens is 781 g/mol. The molecule has 9 aromatic carbocycles. The molecule has 3 aliphatic rings. The predicted molar refractivity (Wildman–Crippen MR) is 257 cm³/mol. The molecule has 0 fully saturated rings. The standard InChI is InChI=1S/C60H38N2S/c1-3-19-39(20-4-1)53-38-54(40-21-5-2-6-22-40)62-58(61-53)42-24-17-23-41(37-42)43-26-18-34-52-57(43)44-25-7-8-27-45(44)59(52)46-28-9-11-30-48(46)60(49-31-12-10-29-47(49)59)50-32-13-15-35-55(50)63-56-36-16-14-33-51(56)60/h1-38H. The monoisotopic (exact) mass is 818 g/mol. The summed E-state index contributed by atoms with van der Waals surface area (Å²) in [5.74, 6) is 0.702. The molecule has 13 rings (SSSR count). The first-order valence-corrected chi connectivity index (χ1v) is 22.5. The minimum atomic E-state index is -0.565. The number of hydrogen-bond acceptors (Lipinski definition) is 3. The van der Waals surface area contributed by atoms with Crippen LogP contribution in [0.2, 0.25) is 0 Å². The highest BCUT2D eigenvalue weighted by Crippen LogP contribution is 2.67. The van der Waals surface area contributed by atoms with Gasteiger partial charge in [-0.1, -0.05) is 218 Å². The molecule has 2 nitrogen and oxygen atoms in total. The van der Waals surface area contributed by atoms with Gasteiger partial charge in [0.15, 0.2) is 5.82 Å². The van der Waals surface area contributed by atoms with Crippen molar-refractivity contribution >= 4 is 11.8 Å². The summed E-state index contributed by atoms with van der Waals surface area (Å²) in [5, 5.41) is 0. The number of aromatic nitrogens is 2. The molecule has 2 heterocycles. The third-order valence-electron chi connectivity index (χ3n) is 13.6. The average Bonchev–Trinajstić information content (AvgIpc) is 3.66. The van der Waals surface area contributed by atoms with Gasteiger partial charge in [-0.2, -0.15) is 0 Å². The fourth-order valence-corrected chi connectivity index (χ4v) is 12.4. The minimum Gasteiger partial charge on any atom is -0.228 e. The smallest absolute Gasteiger partial charge is 0.160 e. The lowest BCUT2D eigenvalue weighted by Crippen LogP contribution is -2.45. The summed E-state index contributed by atoms with van der Waals surface area (Å²) in [6.45, 7) is 0. The minimum absolute atomic E-state index is 0.507. The second-order valence-electron chi connectivity index (χ2n) is 16.7. The van der Waals surface area contributed by atoms with Crippen LogP contribution in [-0.4, -0.2) is 9.97 Å². The van der Waals surface area contributed by atoms with Gasteiger partial charge >= 0.3 is 0 Å². The van der Waals surface area contributed by atoms with Gasteiger partial charge in [0.1, 0.15) is 0 Å². The Hall–Kier alpha value is -7.59. The predicted octanol–water partition coefficient (Wildman–Crippen LogP) is 14.7. The lowest BCUT2D eigenvalue weighted by Gasteiger charge is -2.51. The van der Waals surface area contributed by atoms with Crippen LogP contribution in [0.5, 0.6) is 0 Å². The van der Waals surface area contributed by atoms with Crippen molar-refractivity contribution < 1.29 is 0 Å². The summed E-state index contributed by atoms with van der Waals surface area (Å²) >= 11 is 1.89. The maximum absolute atomic E-state index is 5.22. The molecule has 294 valence electrons. The fourth-order valence-electron chi connectivity index (χ4n) is 11.2. The summed E-state index contributed by atoms with van der Waals surface area (Å²) in [7, 11) is 0. The van der Waals surface area contributed by atoms with Crippen molar-refractivity contribution in [2.75, 3.05) is 0 Å². The van der Waals surface area contributed by atoms with Crippen molar-refractivity contribution in [3.8, 4) is 56.2 Å². The molecular formula is C60H38N2S. The molecule has 0 amide bonds. The maximum Gasteiger partial charge on any atom is 0.160 e. The second-order valence-corrected chi connectivity index (χ2v) is 17.8. The van der Waals surface area contributed by atoms with Crippen LogP contribution in [0, 0.1) is 0 Å². The molecule has 63 heavy (non-hydrogen) atoms. The molecule has 0 N–H and O–H groups in total. The van der Waals surface area contributed by atoms with Crippen molar-refractivity contribution in [1.82, 2.24) is 9.97 Å². The van der Waals surface area contributed by atoms with E-state index in [0.717, 1.165) is 33.6 Å². The van der Waals surface area contributed by atoms with Gasteiger partial charge in [0.05, 0.1) is 22.2 Å². The molecule has 0 saturated heterocycles. The Kier molecular flexibility index (Phi) is 8.00. The van der Waals surface area contributed by atoms with E-state index in [2.05, 4.69) is 218 Å². The van der Waals surface area contributed by atoms with E-state index in [0.29, 0.717) is 5.82 Å². The van der Waals surface area contributed by atoms with Crippen LogP contribution in [0.1, 0.15) is 44.5 Å². The van der Waals surface area contributed by atoms with Crippen molar-refractivity contribution in [2.45, 2.75) is 20.6 Å². The molecule has 0 unspecified atom stereocenters. The Balaban J connectivity index is 1.06. The normalized spacial score (nSPS) is 14.2. The molecule has 0 bridgehead atoms. The lowest BCUT2D eigenvalue weighted by molar-refractivity contribution is 0.605. The molecule has 10 aromatic rings. The molecule has 1 aromatic heterocycles. The highest BCUT2D eigenvalue weighted by Gasteiger charge is 2.58. The van der Waals surface area contributed by atoms with Gasteiger partial charge in [0.2, 0.25) is 0 Å². The van der Waals surface area contributed by atoms with E-state index in [9.17, 15) is 0 Å². The lowest BCUT2D eigenvalue weighted by atomic mass is 9.51. The molecule has 2 aliphatic carbocycles. The highest BCUT2D eigenvalue weighted by atomic mass is 32.2. The van der Waals surface area contributed by atoms with E-state index in [1.165, 1.54) is 71.0 Å². The summed E-state index contributed by atoms with van der Waals surface area (Å²) in [4.78, 5) is 13.1. The van der Waals surface area contributed by atoms with Gasteiger partial charge in [0, 0.05) is 26.5 Å². The third-order valence-corrected chi connectivity index (χ3v) is 14.8. The second kappa shape index (κ2) is 14.0. The Morgan fingerprint density at radius 1 is 0.286 bits per heavy atom. The van der Waals surface area contributed by atoms with Crippen LogP contribution in [0.4, 0.5) is 0 Å². The Labute approximate surface area is 371 Å². The topological polar surface area (TPSA) is 25.8 Å². The van der Waals surface area contributed by atoms with Crippen molar-refractivity contribution in [1.29, 1.82) is 0 Å². The van der Waals surface area contributed by atoms with Gasteiger partial charge < -0.3 is 0 Å². The van der Waals surface area contributed by atoms with Crippen LogP contribution >= 0.6 is 11.8 Å². The molecule has 0 radical (unpaired) electrons. The Morgan fingerprint density at radius 2 is 0.683 bits per heavy atom. The Bertz CT molecular complexity index is 3290. The van der Waals surface area contributed by atoms with Crippen LogP contribution < -0.4 is 0 Å². The summed E-state index contributed by atoms with van der Waals surface area (Å²) in [6, 6.07) is 84.7. The largest absolute Gasteiger partial charge is 0.228 e. The zero-order valence-electron chi connectivity index (χ0n) is 34.2. The SMILES string of the molecule is c1ccc(-c2cc(-c3ccccc3)nc(-c3cccc(-c4cccc5c4-c4ccccc4C54c5ccccc5C5(c6ccccc6Sc6ccccc65)c5ccccc54)c3)n2)cc1. The van der Waals surface area contributed by atoms with E-state index < -0.39 is 10.8 Å². The van der Waals surface area contributed by atoms with Crippen LogP contribution in [0.3, 0.4) is 0 Å². The molecule has 0 saturated carbocycles. The van der Waals surface area contributed by atoms with Crippen LogP contribution in [0.15, 0.2) is 240 Å². The van der Waals surface area contributed by atoms with Crippen molar-refractivity contribution in [3.63, 3.8) is 0 Å². The Morgan fingerprint density at radius 3 is 1.25 bits per heavy atom. The quantitative estimate of drug-likeness (QED) is 0.177. The number of hydrogen-bond donors (Lipinski definition) is 0. The summed E-state index contributed by atoms with van der Waals surface area (Å²) in [5.41, 5.74) is 19.3. The third kappa shape index (κ3) is 5.09. The zero-order chi connectivity index (χ0) is 41.5. The number of fused-ring (bicyclic) bond motifs is 15. The first kappa shape index (κ1) is 36.1. The molecule has 0 atom stereocenters. The van der Waals surface area contributed by atoms with E-state index >= 15 is 0 Å². The van der Waals surface area contributed by atoms with Gasteiger partial charge in [-0.15, -0.1) is 0 Å². The van der Waals surface area contributed by atoms with Crippen molar-refractivity contribution in [2.24, 2.45) is 0 Å². The van der Waals surface area contributed by atoms with E-state index in [4.69, 9.17) is 9.97 Å². The van der Waals surface area contributed by atoms with Crippen molar-refractivity contribution in [3.05, 3.63) is 275 Å². The average molecular weight is 819 g/mol. The summed E-state index contributed by atoms with van der Waals surface area (Å²) < 4.78 is 0. The molecule has 2 spiro atoms. The fraction of sp³-hybridized carbons (Fsp3) is 0.0333. The van der Waals surface area contributed by atoms with Gasteiger partial charge in [-0.25, -0.2) is 9.97 Å². The van der Waals surface area contributed by atoms with Gasteiger partial charge in [0.25, 0.3) is 0 Å². The van der Waals surface area contributed by atoms with Gasteiger partial charge in [-0.3, -0.25) is 0 Å². The van der Waals surface area contributed by atoms with E-state index in [-0.39, 0.29) is 0 Å². The first-order valence-electron chi connectivity index (χ1n) is 21.7. The summed E-state index contributed by atoms with van der Waals surface area (Å²) in [6.07, 6.45) is 0. The van der Waals surface area contributed by atoms with E-state index in [1.807, 2.05) is 23.9 Å². The number of nitrogens with zero attached hydrogens (tertiary/aromatic N) is 2. The van der Waals surface area contributed by atoms with Crippen LogP contribution in [0.25, 0.3) is 56.2 Å². The molecule has 3 heteroatoms. The zero-order valence-corrected chi connectivity index (χ0v) is 35.1. The maximum atomic E-state index is 5.22. The van der Waals surface area contributed by atoms with Crippen LogP contribution in [-0.2, 0) is 10.8 Å². The number of benzene rings is 9. The highest BCUT2D eigenvalue weighted by molar-refractivity contribution is 7.99. The first-order chi connectivity index (χ1) is 31.2. The molecule has 1 aliphatic heterocycles. The number of rotatable bonds is 4. The van der Waals surface area contributed by atoms with E-state index in [1.54, 1.807) is 0 Å².